The van der Waals surface area contributed by atoms with Crippen LogP contribution >= 0.6 is 15.9 Å². The Labute approximate surface area is 116 Å². The Morgan fingerprint density at radius 3 is 2.68 bits per heavy atom. The summed E-state index contributed by atoms with van der Waals surface area (Å²) in [4.78, 5) is 12.0. The molecule has 1 saturated carbocycles. The van der Waals surface area contributed by atoms with E-state index in [4.69, 9.17) is 0 Å². The first-order chi connectivity index (χ1) is 9.08. The molecule has 0 bridgehead atoms. The molecular formula is C13H11BrF2N2O. The van der Waals surface area contributed by atoms with E-state index in [2.05, 4.69) is 15.9 Å². The van der Waals surface area contributed by atoms with E-state index in [1.54, 1.807) is 17.0 Å². The summed E-state index contributed by atoms with van der Waals surface area (Å²) in [5.41, 5.74) is -0.328. The number of imidazole rings is 1. The average molecular weight is 329 g/mol. The highest BCUT2D eigenvalue weighted by molar-refractivity contribution is 9.10. The van der Waals surface area contributed by atoms with Crippen LogP contribution in [0.25, 0.3) is 0 Å². The van der Waals surface area contributed by atoms with Crippen molar-refractivity contribution in [3.05, 3.63) is 56.7 Å². The first kappa shape index (κ1) is 12.6. The monoisotopic (exact) mass is 328 g/mol. The molecular weight excluding hydrogens is 318 g/mol. The van der Waals surface area contributed by atoms with Gasteiger partial charge in [-0.15, -0.1) is 0 Å². The minimum atomic E-state index is -0.661. The molecule has 6 heteroatoms. The summed E-state index contributed by atoms with van der Waals surface area (Å²) >= 11 is 3.02. The number of rotatable bonds is 3. The van der Waals surface area contributed by atoms with Crippen LogP contribution in [0.3, 0.4) is 0 Å². The molecule has 2 aromatic rings. The fourth-order valence-electron chi connectivity index (χ4n) is 2.06. The lowest BCUT2D eigenvalue weighted by Crippen LogP contribution is -2.24. The lowest BCUT2D eigenvalue weighted by Gasteiger charge is -2.07. The molecule has 0 atom stereocenters. The third kappa shape index (κ3) is 2.25. The van der Waals surface area contributed by atoms with Crippen molar-refractivity contribution in [3.63, 3.8) is 0 Å². The zero-order valence-corrected chi connectivity index (χ0v) is 11.5. The molecule has 1 aliphatic rings. The van der Waals surface area contributed by atoms with Gasteiger partial charge in [-0.25, -0.2) is 13.6 Å². The quantitative estimate of drug-likeness (QED) is 0.795. The van der Waals surface area contributed by atoms with Gasteiger partial charge in [-0.05, 0) is 40.9 Å². The van der Waals surface area contributed by atoms with Gasteiger partial charge in [0.1, 0.15) is 11.6 Å². The zero-order valence-electron chi connectivity index (χ0n) is 9.94. The fourth-order valence-corrected chi connectivity index (χ4v) is 2.43. The van der Waals surface area contributed by atoms with E-state index in [1.807, 2.05) is 0 Å². The molecule has 0 aliphatic heterocycles. The van der Waals surface area contributed by atoms with Gasteiger partial charge in [-0.1, -0.05) is 0 Å². The predicted molar refractivity (Wildman–Crippen MR) is 70.1 cm³/mol. The Hall–Kier alpha value is -1.43. The van der Waals surface area contributed by atoms with E-state index in [0.29, 0.717) is 0 Å². The topological polar surface area (TPSA) is 26.9 Å². The summed E-state index contributed by atoms with van der Waals surface area (Å²) in [6.07, 6.45) is 5.22. The third-order valence-corrected chi connectivity index (χ3v) is 3.89. The zero-order chi connectivity index (χ0) is 13.6. The van der Waals surface area contributed by atoms with Crippen LogP contribution in [0.2, 0.25) is 0 Å². The average Bonchev–Trinajstić information content (AvgIpc) is 3.16. The van der Waals surface area contributed by atoms with Gasteiger partial charge < -0.3 is 0 Å². The summed E-state index contributed by atoms with van der Waals surface area (Å²) in [6.45, 7) is -0.102. The maximum Gasteiger partial charge on any atom is 0.328 e. The van der Waals surface area contributed by atoms with Crippen molar-refractivity contribution in [2.45, 2.75) is 25.4 Å². The molecule has 0 N–H and O–H groups in total. The standard InChI is InChI=1S/C13H11BrF2N2O/c14-10-3-4-11(15)9(12(10)16)7-17-5-6-18(13(17)19)8-1-2-8/h3-6,8H,1-2,7H2. The maximum atomic E-state index is 13.8. The number of halogens is 3. The van der Waals surface area contributed by atoms with Crippen LogP contribution in [-0.2, 0) is 6.54 Å². The number of hydrogen-bond donors (Lipinski definition) is 0. The van der Waals surface area contributed by atoms with Crippen LogP contribution in [0.1, 0.15) is 24.4 Å². The van der Waals surface area contributed by atoms with Crippen molar-refractivity contribution >= 4 is 15.9 Å². The molecule has 1 aromatic heterocycles. The molecule has 1 fully saturated rings. The smallest absolute Gasteiger partial charge is 0.296 e. The largest absolute Gasteiger partial charge is 0.328 e. The normalized spacial score (nSPS) is 14.9. The van der Waals surface area contributed by atoms with Crippen LogP contribution in [0.5, 0.6) is 0 Å². The minimum Gasteiger partial charge on any atom is -0.296 e. The second kappa shape index (κ2) is 4.59. The highest BCUT2D eigenvalue weighted by atomic mass is 79.9. The Bertz CT molecular complexity index is 688. The van der Waals surface area contributed by atoms with Gasteiger partial charge in [-0.2, -0.15) is 0 Å². The Morgan fingerprint density at radius 2 is 2.00 bits per heavy atom. The van der Waals surface area contributed by atoms with Crippen LogP contribution in [0, 0.1) is 11.6 Å². The first-order valence-electron chi connectivity index (χ1n) is 5.97. The minimum absolute atomic E-state index is 0.102. The van der Waals surface area contributed by atoms with Gasteiger partial charge in [-0.3, -0.25) is 9.13 Å². The van der Waals surface area contributed by atoms with Crippen LogP contribution in [-0.4, -0.2) is 9.13 Å². The molecule has 19 heavy (non-hydrogen) atoms. The molecule has 0 radical (unpaired) electrons. The molecule has 0 spiro atoms. The van der Waals surface area contributed by atoms with Gasteiger partial charge in [0.25, 0.3) is 0 Å². The van der Waals surface area contributed by atoms with E-state index in [9.17, 15) is 13.6 Å². The molecule has 100 valence electrons. The predicted octanol–water partition coefficient (Wildman–Crippen LogP) is 3.07. The van der Waals surface area contributed by atoms with E-state index in [-0.39, 0.29) is 28.3 Å². The van der Waals surface area contributed by atoms with Gasteiger partial charge in [0.05, 0.1) is 11.0 Å². The van der Waals surface area contributed by atoms with Crippen molar-refractivity contribution in [2.75, 3.05) is 0 Å². The fraction of sp³-hybridized carbons (Fsp3) is 0.308. The van der Waals surface area contributed by atoms with E-state index >= 15 is 0 Å². The summed E-state index contributed by atoms with van der Waals surface area (Å²) in [5.74, 6) is -1.31. The molecule has 1 aliphatic carbocycles. The van der Waals surface area contributed by atoms with Crippen molar-refractivity contribution in [1.82, 2.24) is 9.13 Å². The number of hydrogen-bond acceptors (Lipinski definition) is 1. The van der Waals surface area contributed by atoms with Crippen molar-refractivity contribution < 1.29 is 8.78 Å². The molecule has 0 unspecified atom stereocenters. The highest BCUT2D eigenvalue weighted by Gasteiger charge is 2.26. The lowest BCUT2D eigenvalue weighted by atomic mass is 10.2. The Morgan fingerprint density at radius 1 is 1.26 bits per heavy atom. The van der Waals surface area contributed by atoms with E-state index in [0.717, 1.165) is 12.8 Å². The van der Waals surface area contributed by atoms with Crippen molar-refractivity contribution in [3.8, 4) is 0 Å². The van der Waals surface area contributed by atoms with E-state index < -0.39 is 11.6 Å². The molecule has 0 saturated heterocycles. The van der Waals surface area contributed by atoms with Gasteiger partial charge in [0.15, 0.2) is 0 Å². The second-order valence-corrected chi connectivity index (χ2v) is 5.52. The summed E-state index contributed by atoms with van der Waals surface area (Å²) in [7, 11) is 0. The lowest BCUT2D eigenvalue weighted by molar-refractivity contribution is 0.534. The molecule has 3 nitrogen and oxygen atoms in total. The Kier molecular flexibility index (Phi) is 3.05. The van der Waals surface area contributed by atoms with Crippen molar-refractivity contribution in [2.24, 2.45) is 0 Å². The Balaban J connectivity index is 1.98. The number of nitrogens with zero attached hydrogens (tertiary/aromatic N) is 2. The molecule has 1 heterocycles. The number of benzene rings is 1. The van der Waals surface area contributed by atoms with Crippen LogP contribution < -0.4 is 5.69 Å². The summed E-state index contributed by atoms with van der Waals surface area (Å²) < 4.78 is 30.6. The first-order valence-corrected chi connectivity index (χ1v) is 6.77. The van der Waals surface area contributed by atoms with Crippen molar-refractivity contribution in [1.29, 1.82) is 0 Å². The molecule has 0 amide bonds. The van der Waals surface area contributed by atoms with Gasteiger partial charge >= 0.3 is 5.69 Å². The maximum absolute atomic E-state index is 13.8. The highest BCUT2D eigenvalue weighted by Crippen LogP contribution is 2.33. The van der Waals surface area contributed by atoms with Crippen LogP contribution in [0.15, 0.2) is 33.8 Å². The van der Waals surface area contributed by atoms with Crippen LogP contribution in [0.4, 0.5) is 8.78 Å². The summed E-state index contributed by atoms with van der Waals surface area (Å²) in [5, 5.41) is 0. The SMILES string of the molecule is O=c1n(Cc2c(F)ccc(Br)c2F)ccn1C1CC1. The summed E-state index contributed by atoms with van der Waals surface area (Å²) in [6, 6.07) is 2.75. The van der Waals surface area contributed by atoms with Gasteiger partial charge in [0.2, 0.25) is 0 Å². The van der Waals surface area contributed by atoms with Gasteiger partial charge in [0, 0.05) is 24.0 Å². The second-order valence-electron chi connectivity index (χ2n) is 4.67. The van der Waals surface area contributed by atoms with E-state index in [1.165, 1.54) is 16.7 Å². The third-order valence-electron chi connectivity index (χ3n) is 3.28. The molecule has 1 aromatic carbocycles. The number of aromatic nitrogens is 2. The molecule has 3 rings (SSSR count).